The average molecular weight is 315 g/mol. The number of amides is 2. The molecule has 0 aliphatic carbocycles. The predicted octanol–water partition coefficient (Wildman–Crippen LogP) is 2.09. The van der Waals surface area contributed by atoms with Crippen molar-refractivity contribution in [3.8, 4) is 11.9 Å². The summed E-state index contributed by atoms with van der Waals surface area (Å²) >= 11 is 1.47. The lowest BCUT2D eigenvalue weighted by Crippen LogP contribution is -2.34. The molecule has 0 saturated carbocycles. The Labute approximate surface area is 131 Å². The number of anilines is 1. The molecule has 8 heteroatoms. The molecule has 112 valence electrons. The lowest BCUT2D eigenvalue weighted by molar-refractivity contribution is 0.189. The van der Waals surface area contributed by atoms with Gasteiger partial charge in [0.2, 0.25) is 5.69 Å². The van der Waals surface area contributed by atoms with Gasteiger partial charge in [0, 0.05) is 25.4 Å². The molecule has 7 nitrogen and oxygen atoms in total. The van der Waals surface area contributed by atoms with Crippen LogP contribution in [0.15, 0.2) is 29.9 Å². The van der Waals surface area contributed by atoms with Crippen molar-refractivity contribution < 1.29 is 9.53 Å². The molecular weight excluding hydrogens is 302 g/mol. The zero-order valence-electron chi connectivity index (χ0n) is 11.6. The molecule has 1 aliphatic heterocycles. The number of hydrogen-bond donors (Lipinski definition) is 1. The maximum absolute atomic E-state index is 12.1. The third kappa shape index (κ3) is 3.15. The Hall–Kier alpha value is -2.66. The largest absolute Gasteiger partial charge is 0.470 e. The van der Waals surface area contributed by atoms with Gasteiger partial charge in [-0.2, -0.15) is 5.26 Å². The van der Waals surface area contributed by atoms with Crippen LogP contribution in [-0.2, 0) is 0 Å². The quantitative estimate of drug-likeness (QED) is 0.936. The summed E-state index contributed by atoms with van der Waals surface area (Å²) in [5.74, 6) is 0.218. The molecule has 1 aliphatic rings. The Morgan fingerprint density at radius 1 is 1.50 bits per heavy atom. The van der Waals surface area contributed by atoms with Crippen molar-refractivity contribution >= 4 is 22.4 Å². The van der Waals surface area contributed by atoms with Gasteiger partial charge in [0.05, 0.1) is 11.5 Å². The van der Waals surface area contributed by atoms with Crippen molar-refractivity contribution in [1.82, 2.24) is 14.9 Å². The standard InChI is InChI=1S/C14H13N5O2S/c15-8-11-13(17-5-4-16-11)21-10-3-6-19(9-10)14(20)18-12-2-1-7-22-12/h1-2,4-5,7,10H,3,6,9H2,(H,18,20)/t10-/m1/s1. The first-order chi connectivity index (χ1) is 10.8. The Kier molecular flexibility index (Phi) is 4.16. The molecule has 22 heavy (non-hydrogen) atoms. The topological polar surface area (TPSA) is 91.1 Å². The minimum atomic E-state index is -0.183. The van der Waals surface area contributed by atoms with E-state index in [1.165, 1.54) is 23.7 Å². The molecule has 0 spiro atoms. The van der Waals surface area contributed by atoms with Crippen molar-refractivity contribution in [2.75, 3.05) is 18.4 Å². The highest BCUT2D eigenvalue weighted by atomic mass is 32.1. The summed E-state index contributed by atoms with van der Waals surface area (Å²) in [7, 11) is 0. The number of ether oxygens (including phenoxy) is 1. The van der Waals surface area contributed by atoms with Gasteiger partial charge in [0.15, 0.2) is 0 Å². The number of nitriles is 1. The molecule has 1 N–H and O–H groups in total. The summed E-state index contributed by atoms with van der Waals surface area (Å²) in [6, 6.07) is 5.53. The molecule has 1 saturated heterocycles. The van der Waals surface area contributed by atoms with Crippen LogP contribution in [0.1, 0.15) is 12.1 Å². The fraction of sp³-hybridized carbons (Fsp3) is 0.286. The van der Waals surface area contributed by atoms with Gasteiger partial charge in [0.1, 0.15) is 12.2 Å². The van der Waals surface area contributed by atoms with Crippen LogP contribution in [-0.4, -0.2) is 40.1 Å². The maximum atomic E-state index is 12.1. The van der Waals surface area contributed by atoms with E-state index in [-0.39, 0.29) is 23.7 Å². The molecule has 3 rings (SSSR count). The number of thiophene rings is 1. The van der Waals surface area contributed by atoms with Crippen molar-refractivity contribution in [2.24, 2.45) is 0 Å². The van der Waals surface area contributed by atoms with Crippen LogP contribution >= 0.6 is 11.3 Å². The summed E-state index contributed by atoms with van der Waals surface area (Å²) in [5.41, 5.74) is 0.156. The monoisotopic (exact) mass is 315 g/mol. The van der Waals surface area contributed by atoms with E-state index in [0.29, 0.717) is 19.5 Å². The molecule has 1 atom stereocenters. The number of hydrogen-bond acceptors (Lipinski definition) is 6. The zero-order valence-corrected chi connectivity index (χ0v) is 12.4. The van der Waals surface area contributed by atoms with Crippen LogP contribution in [0, 0.1) is 11.3 Å². The van der Waals surface area contributed by atoms with E-state index in [1.54, 1.807) is 4.90 Å². The van der Waals surface area contributed by atoms with Gasteiger partial charge in [0.25, 0.3) is 5.88 Å². The predicted molar refractivity (Wildman–Crippen MR) is 80.7 cm³/mol. The summed E-state index contributed by atoms with van der Waals surface area (Å²) in [6.07, 6.45) is 3.44. The Morgan fingerprint density at radius 3 is 3.14 bits per heavy atom. The molecular formula is C14H13N5O2S. The van der Waals surface area contributed by atoms with Gasteiger partial charge in [-0.1, -0.05) is 0 Å². The van der Waals surface area contributed by atoms with E-state index in [1.807, 2.05) is 23.6 Å². The number of urea groups is 1. The minimum Gasteiger partial charge on any atom is -0.470 e. The molecule has 1 fully saturated rings. The Morgan fingerprint density at radius 2 is 2.36 bits per heavy atom. The van der Waals surface area contributed by atoms with Gasteiger partial charge in [-0.05, 0) is 17.5 Å². The summed E-state index contributed by atoms with van der Waals surface area (Å²) in [5, 5.41) is 14.5. The van der Waals surface area contributed by atoms with Gasteiger partial charge in [-0.15, -0.1) is 11.3 Å². The number of likely N-dealkylation sites (tertiary alicyclic amines) is 1. The molecule has 0 bridgehead atoms. The highest BCUT2D eigenvalue weighted by molar-refractivity contribution is 7.14. The number of aromatic nitrogens is 2. The summed E-state index contributed by atoms with van der Waals surface area (Å²) in [6.45, 7) is 1.06. The SMILES string of the molecule is N#Cc1nccnc1O[C@@H]1CCN(C(=O)Nc2cccs2)C1. The zero-order chi connectivity index (χ0) is 15.4. The second-order valence-electron chi connectivity index (χ2n) is 4.70. The lowest BCUT2D eigenvalue weighted by Gasteiger charge is -2.17. The van der Waals surface area contributed by atoms with E-state index >= 15 is 0 Å². The number of rotatable bonds is 3. The number of carbonyl (C=O) groups excluding carboxylic acids is 1. The van der Waals surface area contributed by atoms with Crippen LogP contribution in [0.4, 0.5) is 9.80 Å². The molecule has 3 heterocycles. The van der Waals surface area contributed by atoms with Crippen molar-refractivity contribution in [3.63, 3.8) is 0 Å². The second-order valence-corrected chi connectivity index (χ2v) is 5.65. The third-order valence-electron chi connectivity index (χ3n) is 3.23. The number of nitrogens with one attached hydrogen (secondary N) is 1. The molecule has 0 unspecified atom stereocenters. The van der Waals surface area contributed by atoms with Crippen LogP contribution in [0.25, 0.3) is 0 Å². The van der Waals surface area contributed by atoms with E-state index in [0.717, 1.165) is 5.00 Å². The van der Waals surface area contributed by atoms with E-state index in [4.69, 9.17) is 10.00 Å². The van der Waals surface area contributed by atoms with E-state index in [9.17, 15) is 4.79 Å². The highest BCUT2D eigenvalue weighted by Gasteiger charge is 2.28. The Balaban J connectivity index is 1.58. The summed E-state index contributed by atoms with van der Waals surface area (Å²) in [4.78, 5) is 21.7. The van der Waals surface area contributed by atoms with Crippen LogP contribution in [0.2, 0.25) is 0 Å². The molecule has 2 aromatic heterocycles. The van der Waals surface area contributed by atoms with Gasteiger partial charge >= 0.3 is 6.03 Å². The molecule has 0 aromatic carbocycles. The normalized spacial score (nSPS) is 17.0. The number of carbonyl (C=O) groups is 1. The first-order valence-corrected chi connectivity index (χ1v) is 7.61. The van der Waals surface area contributed by atoms with E-state index < -0.39 is 0 Å². The van der Waals surface area contributed by atoms with E-state index in [2.05, 4.69) is 15.3 Å². The van der Waals surface area contributed by atoms with Crippen molar-refractivity contribution in [1.29, 1.82) is 5.26 Å². The van der Waals surface area contributed by atoms with Gasteiger partial charge in [-0.25, -0.2) is 14.8 Å². The fourth-order valence-corrected chi connectivity index (χ4v) is 2.80. The van der Waals surface area contributed by atoms with Crippen LogP contribution < -0.4 is 10.1 Å². The highest BCUT2D eigenvalue weighted by Crippen LogP contribution is 2.20. The first-order valence-electron chi connectivity index (χ1n) is 6.73. The smallest absolute Gasteiger partial charge is 0.322 e. The van der Waals surface area contributed by atoms with Crippen molar-refractivity contribution in [3.05, 3.63) is 35.6 Å². The lowest BCUT2D eigenvalue weighted by atomic mass is 10.3. The van der Waals surface area contributed by atoms with Gasteiger partial charge in [-0.3, -0.25) is 5.32 Å². The molecule has 0 radical (unpaired) electrons. The molecule has 2 aromatic rings. The third-order valence-corrected chi connectivity index (χ3v) is 4.02. The average Bonchev–Trinajstić information content (AvgIpc) is 3.19. The van der Waals surface area contributed by atoms with Crippen molar-refractivity contribution in [2.45, 2.75) is 12.5 Å². The maximum Gasteiger partial charge on any atom is 0.322 e. The van der Waals surface area contributed by atoms with Crippen LogP contribution in [0.5, 0.6) is 5.88 Å². The molecule has 2 amide bonds. The minimum absolute atomic E-state index is 0.145. The second kappa shape index (κ2) is 6.41. The Bertz CT molecular complexity index is 698. The number of nitrogens with zero attached hydrogens (tertiary/aromatic N) is 4. The first kappa shape index (κ1) is 14.3. The summed E-state index contributed by atoms with van der Waals surface area (Å²) < 4.78 is 5.70. The fourth-order valence-electron chi connectivity index (χ4n) is 2.19. The van der Waals surface area contributed by atoms with Crippen LogP contribution in [0.3, 0.4) is 0 Å². The van der Waals surface area contributed by atoms with Gasteiger partial charge < -0.3 is 9.64 Å².